The highest BCUT2D eigenvalue weighted by Crippen LogP contribution is 2.23. The van der Waals surface area contributed by atoms with Crippen LogP contribution in [-0.4, -0.2) is 58.0 Å². The van der Waals surface area contributed by atoms with Gasteiger partial charge in [0.2, 0.25) is 0 Å². The quantitative estimate of drug-likeness (QED) is 0.0954. The Morgan fingerprint density at radius 1 is 0.266 bits per heavy atom. The van der Waals surface area contributed by atoms with Gasteiger partial charge in [0.25, 0.3) is 0 Å². The predicted octanol–water partition coefficient (Wildman–Crippen LogP) is 20.5. The first-order chi connectivity index (χ1) is 39.0. The molecule has 3 saturated heterocycles. The Labute approximate surface area is 484 Å². The molecule has 0 spiro atoms. The van der Waals surface area contributed by atoms with Crippen LogP contribution in [0.5, 0.6) is 17.2 Å². The Balaban J connectivity index is 0. The molecule has 7 aromatic carbocycles. The second kappa shape index (κ2) is 52.5. The zero-order chi connectivity index (χ0) is 59.3. The van der Waals surface area contributed by atoms with E-state index in [4.69, 9.17) is 28.4 Å². The summed E-state index contributed by atoms with van der Waals surface area (Å²) >= 11 is 0. The van der Waals surface area contributed by atoms with E-state index in [0.29, 0.717) is 38.1 Å². The van der Waals surface area contributed by atoms with E-state index < -0.39 is 0 Å². The Morgan fingerprint density at radius 2 is 0.430 bits per heavy atom. The van der Waals surface area contributed by atoms with Crippen LogP contribution in [0.4, 0.5) is 0 Å². The highest BCUT2D eigenvalue weighted by molar-refractivity contribution is 5.65. The number of aryl methyl sites for hydroxylation is 4. The van der Waals surface area contributed by atoms with Crippen LogP contribution >= 0.6 is 0 Å². The molecule has 6 heteroatoms. The lowest BCUT2D eigenvalue weighted by Gasteiger charge is -2.04. The topological polar surface area (TPSA) is 65.3 Å². The lowest BCUT2D eigenvalue weighted by molar-refractivity contribution is 0.263. The summed E-state index contributed by atoms with van der Waals surface area (Å²) in [5.41, 5.74) is 10.8. The van der Waals surface area contributed by atoms with Gasteiger partial charge in [-0.05, 0) is 107 Å². The molecule has 3 heterocycles. The second-order valence-corrected chi connectivity index (χ2v) is 15.9. The minimum Gasteiger partial charge on any atom is -0.491 e. The first-order valence-corrected chi connectivity index (χ1v) is 30.3. The zero-order valence-corrected chi connectivity index (χ0v) is 52.7. The van der Waals surface area contributed by atoms with Gasteiger partial charge in [0.15, 0.2) is 0 Å². The monoisotopic (exact) mass is 1080 g/mol. The molecule has 79 heavy (non-hydrogen) atoms. The van der Waals surface area contributed by atoms with Crippen molar-refractivity contribution in [3.63, 3.8) is 0 Å². The van der Waals surface area contributed by atoms with Gasteiger partial charge in [-0.1, -0.05) is 276 Å². The van der Waals surface area contributed by atoms with Crippen LogP contribution in [0.2, 0.25) is 0 Å². The SMILES string of the molecule is CC.CC.CC.CC.CC.CC.CC.CCc1ccc(-c2ccc(CC)cc2)cc1.CCc1ccc(-c2ccc(CC)cc2)cc1.c1ccc(OCC2CO2)cc1.c1ccc(OCC2CO2)cc1.c1ccc(OCC2CO2)cc1. The number of hydrogen-bond acceptors (Lipinski definition) is 6. The van der Waals surface area contributed by atoms with Crippen LogP contribution in [0.25, 0.3) is 22.3 Å². The number of para-hydroxylation sites is 3. The van der Waals surface area contributed by atoms with Crippen LogP contribution in [0.1, 0.15) is 147 Å². The molecule has 0 aliphatic carbocycles. The van der Waals surface area contributed by atoms with Gasteiger partial charge in [-0.15, -0.1) is 0 Å². The zero-order valence-electron chi connectivity index (χ0n) is 52.7. The lowest BCUT2D eigenvalue weighted by atomic mass is 10.0. The molecular formula is C73H108O6. The Morgan fingerprint density at radius 3 is 0.570 bits per heavy atom. The Bertz CT molecular complexity index is 1980. The maximum atomic E-state index is 5.40. The normalized spacial score (nSPS) is 13.6. The lowest BCUT2D eigenvalue weighted by Crippen LogP contribution is -2.03. The van der Waals surface area contributed by atoms with Gasteiger partial charge in [-0.2, -0.15) is 0 Å². The van der Waals surface area contributed by atoms with Crippen molar-refractivity contribution in [2.24, 2.45) is 0 Å². The summed E-state index contributed by atoms with van der Waals surface area (Å²) in [5.74, 6) is 2.76. The molecule has 0 bridgehead atoms. The number of hydrogen-bond donors (Lipinski definition) is 0. The largest absolute Gasteiger partial charge is 0.491 e. The molecule has 3 atom stereocenters. The number of rotatable bonds is 15. The second-order valence-electron chi connectivity index (χ2n) is 15.9. The summed E-state index contributed by atoms with van der Waals surface area (Å²) in [4.78, 5) is 0. The summed E-state index contributed by atoms with van der Waals surface area (Å²) in [6, 6.07) is 64.7. The van der Waals surface area contributed by atoms with E-state index in [-0.39, 0.29) is 0 Å². The maximum Gasteiger partial charge on any atom is 0.119 e. The van der Waals surface area contributed by atoms with Gasteiger partial charge in [-0.3, -0.25) is 0 Å². The van der Waals surface area contributed by atoms with E-state index in [1.165, 1.54) is 44.5 Å². The van der Waals surface area contributed by atoms with Crippen molar-refractivity contribution in [1.29, 1.82) is 0 Å². The van der Waals surface area contributed by atoms with E-state index in [2.05, 4.69) is 125 Å². The third kappa shape index (κ3) is 36.6. The highest BCUT2D eigenvalue weighted by Gasteiger charge is 2.24. The van der Waals surface area contributed by atoms with E-state index >= 15 is 0 Å². The molecule has 3 aliphatic heterocycles. The standard InChI is InChI=1S/2C16H18.3C9H10O2.7C2H6/c2*1-3-13-5-9-15(10-6-13)16-11-7-14(4-2)8-12-16;3*1-2-4-8(5-3-1)10-6-9-7-11-9;7*1-2/h2*5-12H,3-4H2,1-2H3;3*1-5,9H,6-7H2;7*1-2H3. The fourth-order valence-corrected chi connectivity index (χ4v) is 6.34. The molecule has 7 aromatic rings. The molecule has 10 rings (SSSR count). The van der Waals surface area contributed by atoms with E-state index in [9.17, 15) is 0 Å². The van der Waals surface area contributed by atoms with Gasteiger partial charge >= 0.3 is 0 Å². The van der Waals surface area contributed by atoms with Gasteiger partial charge in [-0.25, -0.2) is 0 Å². The molecule has 3 unspecified atom stereocenters. The summed E-state index contributed by atoms with van der Waals surface area (Å²) in [6.07, 6.45) is 5.45. The third-order valence-electron chi connectivity index (χ3n) is 10.9. The number of ether oxygens (including phenoxy) is 6. The smallest absolute Gasteiger partial charge is 0.119 e. The molecule has 0 saturated carbocycles. The fourth-order valence-electron chi connectivity index (χ4n) is 6.34. The molecule has 0 radical (unpaired) electrons. The van der Waals surface area contributed by atoms with E-state index in [1.807, 2.05) is 188 Å². The first-order valence-electron chi connectivity index (χ1n) is 30.3. The van der Waals surface area contributed by atoms with Crippen molar-refractivity contribution in [1.82, 2.24) is 0 Å². The molecule has 3 aliphatic rings. The molecule has 3 fully saturated rings. The van der Waals surface area contributed by atoms with Gasteiger partial charge in [0.05, 0.1) is 19.8 Å². The van der Waals surface area contributed by atoms with E-state index in [1.54, 1.807) is 0 Å². The van der Waals surface area contributed by atoms with Crippen molar-refractivity contribution in [2.45, 2.75) is 169 Å². The van der Waals surface area contributed by atoms with Gasteiger partial charge in [0.1, 0.15) is 55.4 Å². The van der Waals surface area contributed by atoms with Crippen LogP contribution in [0.3, 0.4) is 0 Å². The molecule has 0 aromatic heterocycles. The molecule has 0 amide bonds. The van der Waals surface area contributed by atoms with Gasteiger partial charge in [0, 0.05) is 0 Å². The minimum atomic E-state index is 0.343. The number of benzene rings is 7. The third-order valence-corrected chi connectivity index (χ3v) is 10.9. The summed E-state index contributed by atoms with van der Waals surface area (Å²) in [6.45, 7) is 41.4. The van der Waals surface area contributed by atoms with Crippen LogP contribution in [0.15, 0.2) is 188 Å². The average molecular weight is 1080 g/mol. The fraction of sp³-hybridized carbons (Fsp3) is 0.425. The maximum absolute atomic E-state index is 5.40. The summed E-state index contributed by atoms with van der Waals surface area (Å²) in [7, 11) is 0. The van der Waals surface area contributed by atoms with Crippen molar-refractivity contribution < 1.29 is 28.4 Å². The Hall–Kier alpha value is -6.18. The van der Waals surface area contributed by atoms with Crippen molar-refractivity contribution >= 4 is 0 Å². The summed E-state index contributed by atoms with van der Waals surface area (Å²) < 4.78 is 31.2. The van der Waals surface area contributed by atoms with Crippen molar-refractivity contribution in [2.75, 3.05) is 39.6 Å². The number of epoxide rings is 3. The van der Waals surface area contributed by atoms with Crippen molar-refractivity contribution in [3.05, 3.63) is 210 Å². The molecule has 0 N–H and O–H groups in total. The summed E-state index contributed by atoms with van der Waals surface area (Å²) in [5, 5.41) is 0. The van der Waals surface area contributed by atoms with Gasteiger partial charge < -0.3 is 28.4 Å². The van der Waals surface area contributed by atoms with Crippen LogP contribution in [-0.2, 0) is 39.9 Å². The molecule has 436 valence electrons. The minimum absolute atomic E-state index is 0.343. The Kier molecular flexibility index (Phi) is 49.8. The molecule has 6 nitrogen and oxygen atoms in total. The van der Waals surface area contributed by atoms with Crippen molar-refractivity contribution in [3.8, 4) is 39.5 Å². The van der Waals surface area contributed by atoms with E-state index in [0.717, 1.165) is 62.8 Å². The molecular weight excluding hydrogens is 973 g/mol. The van der Waals surface area contributed by atoms with Crippen LogP contribution < -0.4 is 14.2 Å². The highest BCUT2D eigenvalue weighted by atomic mass is 16.6. The predicted molar refractivity (Wildman–Crippen MR) is 346 cm³/mol. The first kappa shape index (κ1) is 74.9. The average Bonchev–Trinajstić information content (AvgIpc) is 4.41. The van der Waals surface area contributed by atoms with Crippen LogP contribution in [0, 0.1) is 0 Å².